The summed E-state index contributed by atoms with van der Waals surface area (Å²) in [5.74, 6) is 5.05. The van der Waals surface area contributed by atoms with Crippen LogP contribution in [0.4, 0.5) is 0 Å². The molecule has 0 aromatic rings. The van der Waals surface area contributed by atoms with E-state index in [-0.39, 0.29) is 18.0 Å². The lowest BCUT2D eigenvalue weighted by atomic mass is 9.47. The third-order valence-electron chi connectivity index (χ3n) is 11.4. The molecule has 9 atom stereocenters. The van der Waals surface area contributed by atoms with Crippen LogP contribution in [0.1, 0.15) is 119 Å². The van der Waals surface area contributed by atoms with E-state index in [0.717, 1.165) is 54.8 Å². The molecular formula is C32H53ClO2. The summed E-state index contributed by atoms with van der Waals surface area (Å²) in [6, 6.07) is 0. The van der Waals surface area contributed by atoms with Crippen LogP contribution in [0.25, 0.3) is 0 Å². The van der Waals surface area contributed by atoms with E-state index in [0.29, 0.717) is 10.8 Å². The smallest absolute Gasteiger partial charge is 0.324 e. The number of ether oxygens (including phenoxy) is 1. The summed E-state index contributed by atoms with van der Waals surface area (Å²) >= 11 is 6.29. The molecule has 200 valence electrons. The maximum absolute atomic E-state index is 12.5. The Balaban J connectivity index is 1.43. The fraction of sp³-hybridized carbons (Fsp3) is 0.906. The highest BCUT2D eigenvalue weighted by atomic mass is 35.5. The molecule has 0 aromatic carbocycles. The van der Waals surface area contributed by atoms with Gasteiger partial charge in [-0.25, -0.2) is 0 Å². The Bertz CT molecular complexity index is 786. The van der Waals surface area contributed by atoms with E-state index in [1.165, 1.54) is 51.4 Å². The predicted molar refractivity (Wildman–Crippen MR) is 147 cm³/mol. The molecule has 0 aliphatic heterocycles. The number of rotatable bonds is 8. The molecule has 2 nitrogen and oxygen atoms in total. The second kappa shape index (κ2) is 10.7. The third kappa shape index (κ3) is 5.26. The number of alkyl halides is 1. The lowest BCUT2D eigenvalue weighted by Crippen LogP contribution is -2.51. The molecule has 4 aliphatic rings. The van der Waals surface area contributed by atoms with Crippen molar-refractivity contribution >= 4 is 17.6 Å². The van der Waals surface area contributed by atoms with Crippen LogP contribution < -0.4 is 0 Å². The van der Waals surface area contributed by atoms with Gasteiger partial charge in [-0.15, -0.1) is 11.6 Å². The van der Waals surface area contributed by atoms with Crippen LogP contribution in [0.2, 0.25) is 0 Å². The van der Waals surface area contributed by atoms with Crippen LogP contribution in [-0.4, -0.2) is 17.5 Å². The molecule has 35 heavy (non-hydrogen) atoms. The Kier molecular flexibility index (Phi) is 8.42. The molecule has 0 heterocycles. The fourth-order valence-corrected chi connectivity index (χ4v) is 9.31. The van der Waals surface area contributed by atoms with E-state index in [9.17, 15) is 4.79 Å². The van der Waals surface area contributed by atoms with Crippen LogP contribution in [-0.2, 0) is 9.53 Å². The average molecular weight is 505 g/mol. The molecule has 3 saturated carbocycles. The third-order valence-corrected chi connectivity index (χ3v) is 12.0. The number of allylic oxidation sites excluding steroid dienone is 1. The number of hydrogen-bond acceptors (Lipinski definition) is 2. The van der Waals surface area contributed by atoms with E-state index >= 15 is 0 Å². The van der Waals surface area contributed by atoms with Gasteiger partial charge >= 0.3 is 5.97 Å². The van der Waals surface area contributed by atoms with Gasteiger partial charge in [-0.2, -0.15) is 0 Å². The van der Waals surface area contributed by atoms with Gasteiger partial charge in [0.15, 0.2) is 0 Å². The monoisotopic (exact) mass is 504 g/mol. The van der Waals surface area contributed by atoms with Crippen molar-refractivity contribution in [2.75, 3.05) is 0 Å². The molecule has 0 spiro atoms. The van der Waals surface area contributed by atoms with Crippen LogP contribution in [0.3, 0.4) is 0 Å². The van der Waals surface area contributed by atoms with Crippen molar-refractivity contribution in [1.82, 2.24) is 0 Å². The molecule has 4 rings (SSSR count). The lowest BCUT2D eigenvalue weighted by molar-refractivity contribution is -0.151. The number of carbonyl (C=O) groups excluding carboxylic acids is 1. The highest BCUT2D eigenvalue weighted by Crippen LogP contribution is 2.67. The van der Waals surface area contributed by atoms with Crippen LogP contribution in [0.15, 0.2) is 11.6 Å². The fourth-order valence-electron chi connectivity index (χ4n) is 9.25. The Morgan fingerprint density at radius 2 is 1.77 bits per heavy atom. The van der Waals surface area contributed by atoms with Gasteiger partial charge in [0.05, 0.1) is 0 Å². The Labute approximate surface area is 221 Å². The van der Waals surface area contributed by atoms with Crippen molar-refractivity contribution in [2.24, 2.45) is 52.3 Å². The van der Waals surface area contributed by atoms with Crippen molar-refractivity contribution in [1.29, 1.82) is 0 Å². The van der Waals surface area contributed by atoms with E-state index < -0.39 is 5.38 Å². The number of hydrogen-bond donors (Lipinski definition) is 0. The highest BCUT2D eigenvalue weighted by Gasteiger charge is 2.59. The summed E-state index contributed by atoms with van der Waals surface area (Å²) in [6.45, 7) is 16.5. The first-order valence-electron chi connectivity index (χ1n) is 15.0. The second-order valence-electron chi connectivity index (χ2n) is 14.2. The Morgan fingerprint density at radius 1 is 1.03 bits per heavy atom. The Hall–Kier alpha value is -0.500. The van der Waals surface area contributed by atoms with Crippen LogP contribution >= 0.6 is 11.6 Å². The molecule has 0 aromatic heterocycles. The van der Waals surface area contributed by atoms with Crippen molar-refractivity contribution in [3.63, 3.8) is 0 Å². The summed E-state index contributed by atoms with van der Waals surface area (Å²) in [5.41, 5.74) is 2.42. The van der Waals surface area contributed by atoms with Gasteiger partial charge in [0, 0.05) is 6.42 Å². The molecule has 0 N–H and O–H groups in total. The minimum Gasteiger partial charge on any atom is -0.461 e. The maximum Gasteiger partial charge on any atom is 0.324 e. The molecule has 3 fully saturated rings. The zero-order valence-corrected chi connectivity index (χ0v) is 24.5. The summed E-state index contributed by atoms with van der Waals surface area (Å²) in [5, 5.41) is -0.535. The van der Waals surface area contributed by atoms with Crippen molar-refractivity contribution < 1.29 is 9.53 Å². The first-order chi connectivity index (χ1) is 16.5. The topological polar surface area (TPSA) is 26.3 Å². The lowest BCUT2D eigenvalue weighted by Gasteiger charge is -2.58. The number of esters is 1. The van der Waals surface area contributed by atoms with E-state index in [2.05, 4.69) is 40.7 Å². The van der Waals surface area contributed by atoms with Gasteiger partial charge in [0.25, 0.3) is 0 Å². The summed E-state index contributed by atoms with van der Waals surface area (Å²) in [4.78, 5) is 12.5. The molecule has 0 bridgehead atoms. The van der Waals surface area contributed by atoms with Crippen molar-refractivity contribution in [3.8, 4) is 0 Å². The molecule has 0 saturated heterocycles. The van der Waals surface area contributed by atoms with Crippen molar-refractivity contribution in [3.05, 3.63) is 11.6 Å². The number of halogens is 1. The van der Waals surface area contributed by atoms with E-state index in [4.69, 9.17) is 16.3 Å². The molecule has 4 aliphatic carbocycles. The van der Waals surface area contributed by atoms with E-state index in [1.54, 1.807) is 5.57 Å². The largest absolute Gasteiger partial charge is 0.461 e. The zero-order chi connectivity index (χ0) is 25.5. The summed E-state index contributed by atoms with van der Waals surface area (Å²) < 4.78 is 5.91. The van der Waals surface area contributed by atoms with Crippen LogP contribution in [0.5, 0.6) is 0 Å². The SMILES string of the molecule is CC(C)CCC[C@H](C)[C@H]1CC[C@H]2[C@@H]3CC=C4C[C@H](OC(=O)[C@@H](Cl)C(C)C)CC[C@]4(C)[C@H]3CC[C@]12C. The van der Waals surface area contributed by atoms with Gasteiger partial charge < -0.3 is 4.74 Å². The summed E-state index contributed by atoms with van der Waals surface area (Å²) in [7, 11) is 0. The molecule has 3 heteroatoms. The average Bonchev–Trinajstić information content (AvgIpc) is 3.15. The van der Waals surface area contributed by atoms with Crippen LogP contribution in [0, 0.1) is 52.3 Å². The standard InChI is InChI=1S/C32H53ClO2/c1-20(2)9-8-10-22(5)26-13-14-27-25-12-11-23-19-24(35-30(34)29(33)21(3)4)15-17-31(23,6)28(25)16-18-32(26,27)7/h11,20-22,24-29H,8-10,12-19H2,1-7H3/t22-,24+,25-,26+,27-,28-,29-,31-,32+/m0/s1. The first kappa shape index (κ1) is 27.5. The number of fused-ring (bicyclic) bond motifs is 5. The molecule has 0 amide bonds. The van der Waals surface area contributed by atoms with Gasteiger partial charge in [0.1, 0.15) is 11.5 Å². The van der Waals surface area contributed by atoms with Gasteiger partial charge in [-0.3, -0.25) is 4.79 Å². The predicted octanol–water partition coefficient (Wildman–Crippen LogP) is 9.20. The normalized spacial score (nSPS) is 40.5. The first-order valence-corrected chi connectivity index (χ1v) is 15.4. The van der Waals surface area contributed by atoms with Gasteiger partial charge in [-0.05, 0) is 97.2 Å². The highest BCUT2D eigenvalue weighted by molar-refractivity contribution is 6.30. The molecular weight excluding hydrogens is 452 g/mol. The minimum atomic E-state index is -0.535. The minimum absolute atomic E-state index is 0.00906. The van der Waals surface area contributed by atoms with Crippen molar-refractivity contribution in [2.45, 2.75) is 131 Å². The maximum atomic E-state index is 12.5. The van der Waals surface area contributed by atoms with E-state index in [1.807, 2.05) is 13.8 Å². The van der Waals surface area contributed by atoms with Gasteiger partial charge in [-0.1, -0.05) is 79.4 Å². The second-order valence-corrected chi connectivity index (χ2v) is 14.7. The Morgan fingerprint density at radius 3 is 2.46 bits per heavy atom. The quantitative estimate of drug-likeness (QED) is 0.187. The summed E-state index contributed by atoms with van der Waals surface area (Å²) in [6.07, 6.45) is 16.8. The molecule has 0 unspecified atom stereocenters. The van der Waals surface area contributed by atoms with Gasteiger partial charge in [0.2, 0.25) is 0 Å². The number of carbonyl (C=O) groups is 1. The molecule has 0 radical (unpaired) electrons. The zero-order valence-electron chi connectivity index (χ0n) is 23.7.